The Morgan fingerprint density at radius 1 is 1.26 bits per heavy atom. The zero-order valence-corrected chi connectivity index (χ0v) is 12.4. The van der Waals surface area contributed by atoms with E-state index in [-0.39, 0.29) is 5.78 Å². The summed E-state index contributed by atoms with van der Waals surface area (Å²) in [7, 11) is 0. The highest BCUT2D eigenvalue weighted by atomic mass is 16.1. The standard InChI is InChI=1S/C17H25NO/c1-17(2,3)15-8-6-13(7-9-15)11-16(19)14-5-4-10-18-12-14/h4-5,10,12-13,15H,6-9,11H2,1-3H3. The fourth-order valence-corrected chi connectivity index (χ4v) is 3.14. The molecule has 0 aromatic carbocycles. The summed E-state index contributed by atoms with van der Waals surface area (Å²) in [6, 6.07) is 3.71. The minimum absolute atomic E-state index is 0.257. The Labute approximate surface area is 116 Å². The highest BCUT2D eigenvalue weighted by molar-refractivity contribution is 5.95. The van der Waals surface area contributed by atoms with E-state index in [1.54, 1.807) is 12.4 Å². The van der Waals surface area contributed by atoms with Gasteiger partial charge in [-0.3, -0.25) is 9.78 Å². The number of hydrogen-bond acceptors (Lipinski definition) is 2. The largest absolute Gasteiger partial charge is 0.294 e. The average Bonchev–Trinajstić information content (AvgIpc) is 2.39. The van der Waals surface area contributed by atoms with E-state index < -0.39 is 0 Å². The van der Waals surface area contributed by atoms with Gasteiger partial charge in [0.2, 0.25) is 0 Å². The van der Waals surface area contributed by atoms with Gasteiger partial charge in [-0.1, -0.05) is 20.8 Å². The van der Waals surface area contributed by atoms with E-state index in [9.17, 15) is 4.79 Å². The lowest BCUT2D eigenvalue weighted by atomic mass is 9.69. The van der Waals surface area contributed by atoms with Crippen molar-refractivity contribution in [2.75, 3.05) is 0 Å². The Morgan fingerprint density at radius 2 is 1.95 bits per heavy atom. The second kappa shape index (κ2) is 5.85. The average molecular weight is 259 g/mol. The van der Waals surface area contributed by atoms with Gasteiger partial charge in [0, 0.05) is 24.4 Å². The number of Topliss-reactive ketones (excluding diaryl/α,β-unsaturated/α-hetero) is 1. The van der Waals surface area contributed by atoms with Crippen LogP contribution in [0.5, 0.6) is 0 Å². The van der Waals surface area contributed by atoms with E-state index >= 15 is 0 Å². The van der Waals surface area contributed by atoms with Gasteiger partial charge in [0.15, 0.2) is 5.78 Å². The lowest BCUT2D eigenvalue weighted by molar-refractivity contribution is 0.0917. The molecule has 1 heterocycles. The van der Waals surface area contributed by atoms with E-state index in [4.69, 9.17) is 0 Å². The van der Waals surface area contributed by atoms with Crippen LogP contribution in [0, 0.1) is 17.3 Å². The molecule has 1 fully saturated rings. The lowest BCUT2D eigenvalue weighted by Crippen LogP contribution is -2.26. The topological polar surface area (TPSA) is 30.0 Å². The van der Waals surface area contributed by atoms with Crippen LogP contribution in [0.3, 0.4) is 0 Å². The normalized spacial score (nSPS) is 24.2. The van der Waals surface area contributed by atoms with E-state index in [1.807, 2.05) is 12.1 Å². The van der Waals surface area contributed by atoms with Gasteiger partial charge in [-0.2, -0.15) is 0 Å². The molecule has 1 saturated carbocycles. The Balaban J connectivity index is 1.85. The highest BCUT2D eigenvalue weighted by Crippen LogP contribution is 2.40. The third-order valence-electron chi connectivity index (χ3n) is 4.53. The highest BCUT2D eigenvalue weighted by Gasteiger charge is 2.30. The van der Waals surface area contributed by atoms with E-state index in [0.717, 1.165) is 11.5 Å². The van der Waals surface area contributed by atoms with Crippen molar-refractivity contribution in [1.29, 1.82) is 0 Å². The van der Waals surface area contributed by atoms with Crippen LogP contribution in [-0.2, 0) is 0 Å². The second-order valence-corrected chi connectivity index (χ2v) is 6.95. The molecule has 1 aromatic heterocycles. The first kappa shape index (κ1) is 14.2. The molecule has 0 aliphatic heterocycles. The molecular formula is C17H25NO. The zero-order valence-electron chi connectivity index (χ0n) is 12.4. The molecule has 0 spiro atoms. The minimum Gasteiger partial charge on any atom is -0.294 e. The first-order chi connectivity index (χ1) is 8.97. The summed E-state index contributed by atoms with van der Waals surface area (Å²) in [5, 5.41) is 0. The van der Waals surface area contributed by atoms with E-state index in [2.05, 4.69) is 25.8 Å². The Bertz CT molecular complexity index is 411. The summed E-state index contributed by atoms with van der Waals surface area (Å²) >= 11 is 0. The molecule has 0 atom stereocenters. The van der Waals surface area contributed by atoms with Gasteiger partial charge in [-0.15, -0.1) is 0 Å². The molecule has 2 rings (SSSR count). The molecule has 2 heteroatoms. The third kappa shape index (κ3) is 3.89. The minimum atomic E-state index is 0.257. The monoisotopic (exact) mass is 259 g/mol. The van der Waals surface area contributed by atoms with Crippen molar-refractivity contribution in [3.05, 3.63) is 30.1 Å². The Hall–Kier alpha value is -1.18. The molecule has 0 radical (unpaired) electrons. The second-order valence-electron chi connectivity index (χ2n) is 6.95. The predicted molar refractivity (Wildman–Crippen MR) is 78.1 cm³/mol. The van der Waals surface area contributed by atoms with Crippen molar-refractivity contribution in [3.8, 4) is 0 Å². The number of carbonyl (C=O) groups is 1. The number of carbonyl (C=O) groups excluding carboxylic acids is 1. The molecule has 0 amide bonds. The van der Waals surface area contributed by atoms with Gasteiger partial charge in [-0.05, 0) is 55.1 Å². The van der Waals surface area contributed by atoms with Crippen LogP contribution in [0.4, 0.5) is 0 Å². The number of aromatic nitrogens is 1. The van der Waals surface area contributed by atoms with Crippen LogP contribution in [0.2, 0.25) is 0 Å². The van der Waals surface area contributed by atoms with Gasteiger partial charge in [0.05, 0.1) is 0 Å². The molecular weight excluding hydrogens is 234 g/mol. The number of hydrogen-bond donors (Lipinski definition) is 0. The fourth-order valence-electron chi connectivity index (χ4n) is 3.14. The van der Waals surface area contributed by atoms with E-state index in [0.29, 0.717) is 17.8 Å². The SMILES string of the molecule is CC(C)(C)C1CCC(CC(=O)c2cccnc2)CC1. The summed E-state index contributed by atoms with van der Waals surface area (Å²) in [5.74, 6) is 1.65. The van der Waals surface area contributed by atoms with Crippen molar-refractivity contribution in [2.24, 2.45) is 17.3 Å². The van der Waals surface area contributed by atoms with Gasteiger partial charge in [0.1, 0.15) is 0 Å². The molecule has 0 N–H and O–H groups in total. The van der Waals surface area contributed by atoms with E-state index in [1.165, 1.54) is 25.7 Å². The molecule has 0 bridgehead atoms. The summed E-state index contributed by atoms with van der Waals surface area (Å²) in [4.78, 5) is 16.2. The zero-order chi connectivity index (χ0) is 13.9. The third-order valence-corrected chi connectivity index (χ3v) is 4.53. The molecule has 1 aliphatic carbocycles. The van der Waals surface area contributed by atoms with Crippen molar-refractivity contribution < 1.29 is 4.79 Å². The maximum Gasteiger partial charge on any atom is 0.164 e. The van der Waals surface area contributed by atoms with Gasteiger partial charge < -0.3 is 0 Å². The van der Waals surface area contributed by atoms with Gasteiger partial charge >= 0.3 is 0 Å². The first-order valence-corrected chi connectivity index (χ1v) is 7.40. The van der Waals surface area contributed by atoms with Crippen LogP contribution < -0.4 is 0 Å². The maximum atomic E-state index is 12.2. The Morgan fingerprint density at radius 3 is 2.47 bits per heavy atom. The number of ketones is 1. The number of rotatable bonds is 3. The van der Waals surface area contributed by atoms with Crippen LogP contribution in [-0.4, -0.2) is 10.8 Å². The quantitative estimate of drug-likeness (QED) is 0.748. The summed E-state index contributed by atoms with van der Waals surface area (Å²) in [6.45, 7) is 7.00. The molecule has 0 saturated heterocycles. The van der Waals surface area contributed by atoms with Gasteiger partial charge in [0.25, 0.3) is 0 Å². The molecule has 2 nitrogen and oxygen atoms in total. The van der Waals surface area contributed by atoms with Crippen molar-refractivity contribution in [1.82, 2.24) is 4.98 Å². The van der Waals surface area contributed by atoms with Crippen molar-refractivity contribution in [3.63, 3.8) is 0 Å². The van der Waals surface area contributed by atoms with Gasteiger partial charge in [-0.25, -0.2) is 0 Å². The van der Waals surface area contributed by atoms with Crippen LogP contribution >= 0.6 is 0 Å². The smallest absolute Gasteiger partial charge is 0.164 e. The Kier molecular flexibility index (Phi) is 4.38. The van der Waals surface area contributed by atoms with Crippen LogP contribution in [0.15, 0.2) is 24.5 Å². The molecule has 1 aromatic rings. The fraction of sp³-hybridized carbons (Fsp3) is 0.647. The molecule has 0 unspecified atom stereocenters. The summed E-state index contributed by atoms with van der Waals surface area (Å²) in [5.41, 5.74) is 1.18. The summed E-state index contributed by atoms with van der Waals surface area (Å²) in [6.07, 6.45) is 9.04. The molecule has 104 valence electrons. The maximum absolute atomic E-state index is 12.2. The first-order valence-electron chi connectivity index (χ1n) is 7.40. The van der Waals surface area contributed by atoms with Crippen molar-refractivity contribution >= 4 is 5.78 Å². The van der Waals surface area contributed by atoms with Crippen LogP contribution in [0.25, 0.3) is 0 Å². The summed E-state index contributed by atoms with van der Waals surface area (Å²) < 4.78 is 0. The number of nitrogens with zero attached hydrogens (tertiary/aromatic N) is 1. The van der Waals surface area contributed by atoms with Crippen molar-refractivity contribution in [2.45, 2.75) is 52.9 Å². The molecule has 1 aliphatic rings. The predicted octanol–water partition coefficient (Wildman–Crippen LogP) is 4.51. The molecule has 19 heavy (non-hydrogen) atoms. The lowest BCUT2D eigenvalue weighted by Gasteiger charge is -2.36. The van der Waals surface area contributed by atoms with Crippen LogP contribution in [0.1, 0.15) is 63.2 Å². The number of pyridine rings is 1.